The summed E-state index contributed by atoms with van der Waals surface area (Å²) >= 11 is 6.05. The number of halogens is 1. The van der Waals surface area contributed by atoms with E-state index in [2.05, 4.69) is 19.9 Å². The highest BCUT2D eigenvalue weighted by atomic mass is 35.5. The fraction of sp³-hybridized carbons (Fsp3) is 0.208. The summed E-state index contributed by atoms with van der Waals surface area (Å²) in [6.45, 7) is 2.16. The molecule has 0 radical (unpaired) electrons. The van der Waals surface area contributed by atoms with Gasteiger partial charge >= 0.3 is 0 Å². The minimum absolute atomic E-state index is 0.0186. The van der Waals surface area contributed by atoms with Crippen molar-refractivity contribution in [2.24, 2.45) is 0 Å². The van der Waals surface area contributed by atoms with Gasteiger partial charge in [-0.1, -0.05) is 23.7 Å². The molecule has 1 unspecified atom stereocenters. The third-order valence-corrected chi connectivity index (χ3v) is 6.04. The lowest BCUT2D eigenvalue weighted by molar-refractivity contribution is -0.140. The van der Waals surface area contributed by atoms with Gasteiger partial charge in [-0.25, -0.2) is 9.97 Å². The molecule has 1 aliphatic heterocycles. The Hall–Kier alpha value is -3.62. The molecule has 0 bridgehead atoms. The van der Waals surface area contributed by atoms with Gasteiger partial charge in [0, 0.05) is 43.0 Å². The molecule has 0 spiro atoms. The molecular weight excluding hydrogens is 442 g/mol. The number of aliphatic hydroxyl groups is 1. The Kier molecular flexibility index (Phi) is 5.62. The van der Waals surface area contributed by atoms with Crippen LogP contribution in [0.3, 0.4) is 0 Å². The number of phenols is 1. The number of pyridine rings is 1. The van der Waals surface area contributed by atoms with E-state index in [4.69, 9.17) is 11.6 Å². The lowest BCUT2D eigenvalue weighted by Crippen LogP contribution is -2.50. The highest BCUT2D eigenvalue weighted by Gasteiger charge is 2.27. The van der Waals surface area contributed by atoms with Crippen LogP contribution in [0.25, 0.3) is 22.4 Å². The first-order valence-electron chi connectivity index (χ1n) is 10.6. The number of benzene rings is 2. The highest BCUT2D eigenvalue weighted by molar-refractivity contribution is 6.31. The van der Waals surface area contributed by atoms with Crippen molar-refractivity contribution < 1.29 is 15.0 Å². The molecule has 0 saturated carbocycles. The molecule has 1 aliphatic rings. The number of aliphatic hydroxyl groups excluding tert-OH is 1. The van der Waals surface area contributed by atoms with Crippen LogP contribution in [0.4, 0.5) is 5.82 Å². The summed E-state index contributed by atoms with van der Waals surface area (Å²) in [7, 11) is 0. The second-order valence-electron chi connectivity index (χ2n) is 7.96. The van der Waals surface area contributed by atoms with Crippen molar-refractivity contribution in [2.45, 2.75) is 6.10 Å². The summed E-state index contributed by atoms with van der Waals surface area (Å²) in [5, 5.41) is 20.7. The number of fused-ring (bicyclic) bond motifs is 1. The number of aromatic nitrogens is 3. The number of carbonyl (C=O) groups is 1. The third kappa shape index (κ3) is 4.35. The van der Waals surface area contributed by atoms with E-state index >= 15 is 0 Å². The highest BCUT2D eigenvalue weighted by Crippen LogP contribution is 2.25. The largest absolute Gasteiger partial charge is 0.508 e. The van der Waals surface area contributed by atoms with E-state index in [1.807, 2.05) is 30.3 Å². The van der Waals surface area contributed by atoms with Gasteiger partial charge in [0.25, 0.3) is 5.91 Å². The number of anilines is 1. The third-order valence-electron chi connectivity index (χ3n) is 5.80. The zero-order chi connectivity index (χ0) is 22.9. The predicted octanol–water partition coefficient (Wildman–Crippen LogP) is 3.37. The monoisotopic (exact) mass is 463 g/mol. The molecule has 4 aromatic rings. The van der Waals surface area contributed by atoms with Crippen molar-refractivity contribution in [3.8, 4) is 17.1 Å². The summed E-state index contributed by atoms with van der Waals surface area (Å²) in [4.78, 5) is 28.9. The van der Waals surface area contributed by atoms with Crippen molar-refractivity contribution in [3.05, 3.63) is 71.4 Å². The summed E-state index contributed by atoms with van der Waals surface area (Å²) < 4.78 is 0. The summed E-state index contributed by atoms with van der Waals surface area (Å²) in [6, 6.07) is 15.6. The fourth-order valence-corrected chi connectivity index (χ4v) is 4.17. The summed E-state index contributed by atoms with van der Waals surface area (Å²) in [6.07, 6.45) is 0.484. The maximum absolute atomic E-state index is 12.7. The lowest BCUT2D eigenvalue weighted by Gasteiger charge is -2.36. The molecule has 5 rings (SSSR count). The Bertz CT molecular complexity index is 1300. The van der Waals surface area contributed by atoms with E-state index in [1.165, 1.54) is 12.1 Å². The number of aromatic hydroxyl groups is 1. The lowest BCUT2D eigenvalue weighted by atomic mass is 10.1. The van der Waals surface area contributed by atoms with Crippen molar-refractivity contribution in [1.29, 1.82) is 0 Å². The van der Waals surface area contributed by atoms with Crippen molar-refractivity contribution in [1.82, 2.24) is 19.9 Å². The minimum Gasteiger partial charge on any atom is -0.508 e. The maximum Gasteiger partial charge on any atom is 0.256 e. The van der Waals surface area contributed by atoms with Crippen molar-refractivity contribution in [2.75, 3.05) is 31.1 Å². The summed E-state index contributed by atoms with van der Waals surface area (Å²) in [5.74, 6) is 1.19. The number of piperazine rings is 1. The number of hydrogen-bond donors (Lipinski definition) is 3. The number of nitrogens with one attached hydrogen (secondary N) is 1. The first-order valence-corrected chi connectivity index (χ1v) is 11.0. The van der Waals surface area contributed by atoms with Gasteiger partial charge in [0.1, 0.15) is 17.4 Å². The van der Waals surface area contributed by atoms with Crippen LogP contribution in [0.5, 0.6) is 5.75 Å². The number of imidazole rings is 1. The van der Waals surface area contributed by atoms with E-state index in [9.17, 15) is 15.0 Å². The number of phenolic OH excluding ortho intramolecular Hbond substituents is 1. The van der Waals surface area contributed by atoms with E-state index in [0.717, 1.165) is 28.2 Å². The van der Waals surface area contributed by atoms with Gasteiger partial charge in [-0.05, 0) is 48.0 Å². The second kappa shape index (κ2) is 8.73. The molecule has 9 heteroatoms. The van der Waals surface area contributed by atoms with Gasteiger partial charge in [0.15, 0.2) is 6.10 Å². The number of aromatic amines is 1. The SMILES string of the molecule is O=C(C(O)c1cccc(O)c1)N1CCN(c2ccc(-c3nc4ccc(Cl)cc4[nH]3)cn2)CC1. The maximum atomic E-state index is 12.7. The van der Waals surface area contributed by atoms with Crippen LogP contribution in [-0.2, 0) is 4.79 Å². The molecule has 33 heavy (non-hydrogen) atoms. The molecular formula is C24H22ClN5O3. The Morgan fingerprint density at radius 3 is 2.61 bits per heavy atom. The van der Waals surface area contributed by atoms with Crippen LogP contribution in [0.1, 0.15) is 11.7 Å². The molecule has 1 atom stereocenters. The molecule has 2 aromatic carbocycles. The first-order chi connectivity index (χ1) is 16.0. The Morgan fingerprint density at radius 1 is 1.06 bits per heavy atom. The van der Waals surface area contributed by atoms with Crippen LogP contribution in [0, 0.1) is 0 Å². The zero-order valence-corrected chi connectivity index (χ0v) is 18.4. The number of amides is 1. The van der Waals surface area contributed by atoms with Crippen molar-refractivity contribution >= 4 is 34.4 Å². The van der Waals surface area contributed by atoms with Crippen LogP contribution in [0.2, 0.25) is 5.02 Å². The summed E-state index contributed by atoms with van der Waals surface area (Å²) in [5.41, 5.74) is 2.96. The standard InChI is InChI=1S/C24H22ClN5O3/c25-17-5-6-19-20(13-17)28-23(27-19)16-4-7-21(26-14-16)29-8-10-30(11-9-29)24(33)22(32)15-2-1-3-18(31)12-15/h1-7,12-14,22,31-32H,8-11H2,(H,27,28). The molecule has 1 fully saturated rings. The molecule has 0 aliphatic carbocycles. The number of H-pyrrole nitrogens is 1. The number of nitrogens with zero attached hydrogens (tertiary/aromatic N) is 4. The van der Waals surface area contributed by atoms with Gasteiger partial charge in [0.2, 0.25) is 0 Å². The van der Waals surface area contributed by atoms with Crippen LogP contribution >= 0.6 is 11.6 Å². The molecule has 2 aromatic heterocycles. The van der Waals surface area contributed by atoms with Gasteiger partial charge in [-0.2, -0.15) is 0 Å². The molecule has 3 N–H and O–H groups in total. The number of carbonyl (C=O) groups excluding carboxylic acids is 1. The molecule has 1 saturated heterocycles. The fourth-order valence-electron chi connectivity index (χ4n) is 4.00. The Balaban J connectivity index is 1.23. The number of hydrogen-bond acceptors (Lipinski definition) is 6. The van der Waals surface area contributed by atoms with Gasteiger partial charge < -0.3 is 25.0 Å². The van der Waals surface area contributed by atoms with Gasteiger partial charge in [-0.15, -0.1) is 0 Å². The van der Waals surface area contributed by atoms with Crippen LogP contribution < -0.4 is 4.90 Å². The Labute approximate surface area is 195 Å². The number of rotatable bonds is 4. The molecule has 8 nitrogen and oxygen atoms in total. The average Bonchev–Trinajstić information content (AvgIpc) is 3.26. The molecule has 168 valence electrons. The van der Waals surface area contributed by atoms with Crippen LogP contribution in [-0.4, -0.2) is 62.2 Å². The quantitative estimate of drug-likeness (QED) is 0.428. The smallest absolute Gasteiger partial charge is 0.256 e. The van der Waals surface area contributed by atoms with E-state index < -0.39 is 6.10 Å². The van der Waals surface area contributed by atoms with Crippen molar-refractivity contribution in [3.63, 3.8) is 0 Å². The average molecular weight is 464 g/mol. The minimum atomic E-state index is -1.29. The zero-order valence-electron chi connectivity index (χ0n) is 17.6. The first kappa shape index (κ1) is 21.2. The van der Waals surface area contributed by atoms with E-state index in [0.29, 0.717) is 36.8 Å². The van der Waals surface area contributed by atoms with Gasteiger partial charge in [0.05, 0.1) is 11.0 Å². The normalized spacial score (nSPS) is 15.1. The van der Waals surface area contributed by atoms with E-state index in [-0.39, 0.29) is 11.7 Å². The molecule has 3 heterocycles. The molecule has 1 amide bonds. The topological polar surface area (TPSA) is 106 Å². The predicted molar refractivity (Wildman–Crippen MR) is 126 cm³/mol. The van der Waals surface area contributed by atoms with E-state index in [1.54, 1.807) is 23.2 Å². The van der Waals surface area contributed by atoms with Gasteiger partial charge in [-0.3, -0.25) is 4.79 Å². The van der Waals surface area contributed by atoms with Crippen LogP contribution in [0.15, 0.2) is 60.8 Å². The second-order valence-corrected chi connectivity index (χ2v) is 8.40. The Morgan fingerprint density at radius 2 is 1.88 bits per heavy atom.